The van der Waals surface area contributed by atoms with Crippen molar-refractivity contribution in [2.75, 3.05) is 37.7 Å². The average molecular weight is 360 g/mol. The molecule has 1 aromatic heterocycles. The Balaban J connectivity index is 1.45. The number of hydrogen-bond acceptors (Lipinski definition) is 6. The van der Waals surface area contributed by atoms with Crippen molar-refractivity contribution >= 4 is 11.9 Å². The van der Waals surface area contributed by atoms with Gasteiger partial charge in [0.25, 0.3) is 5.91 Å². The molecule has 0 aromatic carbocycles. The Morgan fingerprint density at radius 1 is 1.23 bits per heavy atom. The summed E-state index contributed by atoms with van der Waals surface area (Å²) in [6.07, 6.45) is 7.83. The largest absolute Gasteiger partial charge is 0.347 e. The number of hydrogen-bond donors (Lipinski definition) is 0. The van der Waals surface area contributed by atoms with Crippen LogP contribution in [0.25, 0.3) is 0 Å². The van der Waals surface area contributed by atoms with Crippen molar-refractivity contribution in [3.8, 4) is 0 Å². The lowest BCUT2D eigenvalue weighted by Gasteiger charge is -2.37. The van der Waals surface area contributed by atoms with E-state index < -0.39 is 5.79 Å². The summed E-state index contributed by atoms with van der Waals surface area (Å²) >= 11 is 0. The molecule has 3 fully saturated rings. The first kappa shape index (κ1) is 17.7. The van der Waals surface area contributed by atoms with Gasteiger partial charge in [0.15, 0.2) is 5.79 Å². The number of amides is 1. The van der Waals surface area contributed by atoms with Crippen LogP contribution in [0.5, 0.6) is 0 Å². The number of likely N-dealkylation sites (tertiary alicyclic amines) is 1. The Morgan fingerprint density at radius 2 is 2.00 bits per heavy atom. The van der Waals surface area contributed by atoms with Crippen LogP contribution < -0.4 is 4.90 Å². The van der Waals surface area contributed by atoms with Crippen molar-refractivity contribution in [2.45, 2.75) is 57.3 Å². The van der Waals surface area contributed by atoms with Crippen LogP contribution in [0.15, 0.2) is 12.3 Å². The molecule has 1 aromatic rings. The molecule has 1 unspecified atom stereocenters. The lowest BCUT2D eigenvalue weighted by atomic mass is 10.0. The predicted molar refractivity (Wildman–Crippen MR) is 97.1 cm³/mol. The number of rotatable bonds is 3. The van der Waals surface area contributed by atoms with Gasteiger partial charge in [0.05, 0.1) is 13.2 Å². The minimum Gasteiger partial charge on any atom is -0.347 e. The molecule has 0 aliphatic carbocycles. The second kappa shape index (κ2) is 7.48. The minimum atomic E-state index is -0.463. The zero-order valence-corrected chi connectivity index (χ0v) is 15.5. The summed E-state index contributed by atoms with van der Waals surface area (Å²) in [4.78, 5) is 26.1. The molecule has 0 radical (unpaired) electrons. The number of aromatic nitrogens is 2. The van der Waals surface area contributed by atoms with E-state index in [0.717, 1.165) is 32.2 Å². The number of anilines is 1. The van der Waals surface area contributed by atoms with E-state index in [2.05, 4.69) is 21.8 Å². The third-order valence-corrected chi connectivity index (χ3v) is 5.84. The highest BCUT2D eigenvalue weighted by Crippen LogP contribution is 2.31. The molecule has 4 heterocycles. The zero-order chi connectivity index (χ0) is 18.0. The molecule has 7 heteroatoms. The smallest absolute Gasteiger partial charge is 0.272 e. The quantitative estimate of drug-likeness (QED) is 0.823. The number of nitrogens with zero attached hydrogens (tertiary/aromatic N) is 4. The Labute approximate surface area is 154 Å². The second-order valence-electron chi connectivity index (χ2n) is 7.39. The van der Waals surface area contributed by atoms with Crippen LogP contribution in [0.3, 0.4) is 0 Å². The topological polar surface area (TPSA) is 67.8 Å². The fourth-order valence-corrected chi connectivity index (χ4v) is 4.29. The summed E-state index contributed by atoms with van der Waals surface area (Å²) in [5.41, 5.74) is 0.486. The van der Waals surface area contributed by atoms with E-state index in [9.17, 15) is 4.79 Å². The third kappa shape index (κ3) is 3.42. The van der Waals surface area contributed by atoms with Crippen molar-refractivity contribution in [1.82, 2.24) is 14.9 Å². The molecule has 26 heavy (non-hydrogen) atoms. The SMILES string of the molecule is CCC1CCCCN1c1nccc(C(=O)N2CCC3(CC2)OCCO3)n1. The Kier molecular flexibility index (Phi) is 5.09. The maximum atomic E-state index is 12.9. The summed E-state index contributed by atoms with van der Waals surface area (Å²) in [5, 5.41) is 0. The van der Waals surface area contributed by atoms with Crippen LogP contribution >= 0.6 is 0 Å². The zero-order valence-electron chi connectivity index (χ0n) is 15.5. The number of carbonyl (C=O) groups excluding carboxylic acids is 1. The molecule has 0 bridgehead atoms. The monoisotopic (exact) mass is 360 g/mol. The predicted octanol–water partition coefficient (Wildman–Crippen LogP) is 2.22. The average Bonchev–Trinajstić information content (AvgIpc) is 3.16. The first-order valence-electron chi connectivity index (χ1n) is 9.88. The van der Waals surface area contributed by atoms with Gasteiger partial charge < -0.3 is 19.3 Å². The number of ether oxygens (including phenoxy) is 2. The Bertz CT molecular complexity index is 637. The van der Waals surface area contributed by atoms with E-state index in [1.54, 1.807) is 12.3 Å². The normalized spacial score (nSPS) is 25.7. The molecular formula is C19H28N4O3. The van der Waals surface area contributed by atoms with Gasteiger partial charge in [-0.1, -0.05) is 6.92 Å². The van der Waals surface area contributed by atoms with Crippen molar-refractivity contribution in [3.05, 3.63) is 18.0 Å². The molecule has 3 saturated heterocycles. The van der Waals surface area contributed by atoms with Gasteiger partial charge >= 0.3 is 0 Å². The van der Waals surface area contributed by atoms with E-state index in [1.165, 1.54) is 12.8 Å². The van der Waals surface area contributed by atoms with Crippen LogP contribution in [-0.4, -0.2) is 65.5 Å². The maximum Gasteiger partial charge on any atom is 0.272 e. The van der Waals surface area contributed by atoms with Gasteiger partial charge in [0.2, 0.25) is 5.95 Å². The number of piperidine rings is 2. The van der Waals surface area contributed by atoms with Gasteiger partial charge in [0.1, 0.15) is 5.69 Å². The maximum absolute atomic E-state index is 12.9. The summed E-state index contributed by atoms with van der Waals surface area (Å²) in [7, 11) is 0. The molecular weight excluding hydrogens is 332 g/mol. The molecule has 7 nitrogen and oxygen atoms in total. The highest BCUT2D eigenvalue weighted by atomic mass is 16.7. The summed E-state index contributed by atoms with van der Waals surface area (Å²) in [6.45, 7) is 5.75. The van der Waals surface area contributed by atoms with E-state index in [1.807, 2.05) is 4.90 Å². The van der Waals surface area contributed by atoms with E-state index in [0.29, 0.717) is 44.0 Å². The third-order valence-electron chi connectivity index (χ3n) is 5.84. The van der Waals surface area contributed by atoms with Crippen molar-refractivity contribution < 1.29 is 14.3 Å². The molecule has 3 aliphatic rings. The van der Waals surface area contributed by atoms with Crippen LogP contribution in [0.4, 0.5) is 5.95 Å². The molecule has 1 amide bonds. The molecule has 4 rings (SSSR count). The molecule has 1 atom stereocenters. The molecule has 142 valence electrons. The fraction of sp³-hybridized carbons (Fsp3) is 0.737. The molecule has 3 aliphatic heterocycles. The fourth-order valence-electron chi connectivity index (χ4n) is 4.29. The van der Waals surface area contributed by atoms with E-state index in [4.69, 9.17) is 9.47 Å². The first-order valence-corrected chi connectivity index (χ1v) is 9.88. The van der Waals surface area contributed by atoms with Crippen molar-refractivity contribution in [1.29, 1.82) is 0 Å². The summed E-state index contributed by atoms with van der Waals surface area (Å²) < 4.78 is 11.5. The van der Waals surface area contributed by atoms with Gasteiger partial charge in [-0.3, -0.25) is 4.79 Å². The van der Waals surface area contributed by atoms with E-state index in [-0.39, 0.29) is 5.91 Å². The van der Waals surface area contributed by atoms with Crippen LogP contribution in [0.1, 0.15) is 55.9 Å². The van der Waals surface area contributed by atoms with Gasteiger partial charge in [-0.15, -0.1) is 0 Å². The van der Waals surface area contributed by atoms with Gasteiger partial charge in [-0.25, -0.2) is 9.97 Å². The summed E-state index contributed by atoms with van der Waals surface area (Å²) in [6, 6.07) is 2.20. The minimum absolute atomic E-state index is 0.0217. The lowest BCUT2D eigenvalue weighted by Crippen LogP contribution is -2.47. The molecule has 1 spiro atoms. The summed E-state index contributed by atoms with van der Waals surface area (Å²) in [5.74, 6) is 0.209. The van der Waals surface area contributed by atoms with Gasteiger partial charge in [-0.05, 0) is 31.7 Å². The standard InChI is InChI=1S/C19H28N4O3/c1-2-15-5-3-4-10-23(15)18-20-9-6-16(21-18)17(24)22-11-7-19(8-12-22)25-13-14-26-19/h6,9,15H,2-5,7-8,10-14H2,1H3. The highest BCUT2D eigenvalue weighted by Gasteiger charge is 2.41. The van der Waals surface area contributed by atoms with Crippen LogP contribution in [0, 0.1) is 0 Å². The van der Waals surface area contributed by atoms with Crippen molar-refractivity contribution in [2.24, 2.45) is 0 Å². The first-order chi connectivity index (χ1) is 12.7. The number of carbonyl (C=O) groups is 1. The Hall–Kier alpha value is -1.73. The second-order valence-corrected chi connectivity index (χ2v) is 7.39. The lowest BCUT2D eigenvalue weighted by molar-refractivity contribution is -0.181. The van der Waals surface area contributed by atoms with Gasteiger partial charge in [-0.2, -0.15) is 0 Å². The molecule has 0 N–H and O–H groups in total. The Morgan fingerprint density at radius 3 is 2.73 bits per heavy atom. The molecule has 0 saturated carbocycles. The highest BCUT2D eigenvalue weighted by molar-refractivity contribution is 5.92. The van der Waals surface area contributed by atoms with E-state index >= 15 is 0 Å². The van der Waals surface area contributed by atoms with Crippen LogP contribution in [-0.2, 0) is 9.47 Å². The van der Waals surface area contributed by atoms with Crippen molar-refractivity contribution in [3.63, 3.8) is 0 Å². The van der Waals surface area contributed by atoms with Gasteiger partial charge in [0, 0.05) is 44.7 Å². The van der Waals surface area contributed by atoms with Crippen LogP contribution in [0.2, 0.25) is 0 Å².